The van der Waals surface area contributed by atoms with Gasteiger partial charge in [0, 0.05) is 0 Å². The minimum absolute atomic E-state index is 0.112. The number of amides is 2. The minimum atomic E-state index is -0.803. The quantitative estimate of drug-likeness (QED) is 0.597. The Morgan fingerprint density at radius 2 is 1.46 bits per heavy atom. The molecule has 1 aromatic rings. The normalized spacial score (nSPS) is 13.0. The van der Waals surface area contributed by atoms with Crippen molar-refractivity contribution in [2.24, 2.45) is 11.8 Å². The van der Waals surface area contributed by atoms with E-state index in [1.807, 2.05) is 58.0 Å². The molecule has 0 heterocycles. The highest BCUT2D eigenvalue weighted by atomic mass is 16.5. The van der Waals surface area contributed by atoms with E-state index in [2.05, 4.69) is 10.6 Å². The fraction of sp³-hybridized carbons (Fsp3) is 0.571. The molecule has 7 heteroatoms. The summed E-state index contributed by atoms with van der Waals surface area (Å²) < 4.78 is 9.98. The standard InChI is InChI=1S/C21H32N2O5/c1-14(2)11-17(19(24)22-18(12-15(3)4)20(25)27-5)23-21(26)28-13-16-9-7-6-8-10-16/h6-10,14-15,17-18H,11-13H2,1-5H3,(H,22,24)(H,23,26)/t17-,18?/m0/s1. The summed E-state index contributed by atoms with van der Waals surface area (Å²) >= 11 is 0. The van der Waals surface area contributed by atoms with Gasteiger partial charge in [0.1, 0.15) is 18.7 Å². The van der Waals surface area contributed by atoms with E-state index in [1.165, 1.54) is 7.11 Å². The highest BCUT2D eigenvalue weighted by molar-refractivity contribution is 5.89. The Labute approximate surface area is 167 Å². The molecular weight excluding hydrogens is 360 g/mol. The molecule has 0 spiro atoms. The zero-order valence-electron chi connectivity index (χ0n) is 17.4. The van der Waals surface area contributed by atoms with Gasteiger partial charge in [-0.1, -0.05) is 58.0 Å². The molecule has 0 radical (unpaired) electrons. The van der Waals surface area contributed by atoms with Crippen LogP contribution in [0.5, 0.6) is 0 Å². The summed E-state index contributed by atoms with van der Waals surface area (Å²) in [7, 11) is 1.28. The van der Waals surface area contributed by atoms with E-state index in [0.29, 0.717) is 12.8 Å². The molecule has 2 amide bonds. The van der Waals surface area contributed by atoms with Crippen molar-refractivity contribution >= 4 is 18.0 Å². The lowest BCUT2D eigenvalue weighted by Gasteiger charge is -2.24. The Balaban J connectivity index is 2.72. The molecule has 0 saturated heterocycles. The summed E-state index contributed by atoms with van der Waals surface area (Å²) in [6.07, 6.45) is 0.191. The topological polar surface area (TPSA) is 93.7 Å². The number of nitrogens with one attached hydrogen (secondary N) is 2. The zero-order chi connectivity index (χ0) is 21.1. The number of ether oxygens (including phenoxy) is 2. The second-order valence-electron chi connectivity index (χ2n) is 7.60. The van der Waals surface area contributed by atoms with Gasteiger partial charge in [-0.25, -0.2) is 9.59 Å². The lowest BCUT2D eigenvalue weighted by Crippen LogP contribution is -2.52. The SMILES string of the molecule is COC(=O)C(CC(C)C)NC(=O)[C@H](CC(C)C)NC(=O)OCc1ccccc1. The van der Waals surface area contributed by atoms with Gasteiger partial charge in [-0.2, -0.15) is 0 Å². The number of rotatable bonds is 10. The van der Waals surface area contributed by atoms with E-state index in [1.54, 1.807) is 0 Å². The van der Waals surface area contributed by atoms with Crippen LogP contribution in [0.2, 0.25) is 0 Å². The average Bonchev–Trinajstić information content (AvgIpc) is 2.64. The molecule has 0 aromatic heterocycles. The molecule has 7 nitrogen and oxygen atoms in total. The maximum Gasteiger partial charge on any atom is 0.408 e. The molecule has 0 aliphatic carbocycles. The predicted octanol–water partition coefficient (Wildman–Crippen LogP) is 3.03. The second kappa shape index (κ2) is 12.0. The second-order valence-corrected chi connectivity index (χ2v) is 7.60. The first kappa shape index (κ1) is 23.5. The average molecular weight is 392 g/mol. The maximum atomic E-state index is 12.7. The molecule has 1 unspecified atom stereocenters. The van der Waals surface area contributed by atoms with Crippen LogP contribution in [0.25, 0.3) is 0 Å². The fourth-order valence-electron chi connectivity index (χ4n) is 2.71. The van der Waals surface area contributed by atoms with Crippen LogP contribution in [0.3, 0.4) is 0 Å². The van der Waals surface area contributed by atoms with Crippen LogP contribution >= 0.6 is 0 Å². The largest absolute Gasteiger partial charge is 0.467 e. The van der Waals surface area contributed by atoms with Gasteiger partial charge in [-0.05, 0) is 30.2 Å². The van der Waals surface area contributed by atoms with Gasteiger partial charge in [0.15, 0.2) is 0 Å². The lowest BCUT2D eigenvalue weighted by atomic mass is 10.0. The van der Waals surface area contributed by atoms with Crippen LogP contribution in [0.4, 0.5) is 4.79 Å². The van der Waals surface area contributed by atoms with Gasteiger partial charge in [-0.15, -0.1) is 0 Å². The van der Waals surface area contributed by atoms with Crippen molar-refractivity contribution in [1.82, 2.24) is 10.6 Å². The first-order chi connectivity index (χ1) is 13.2. The third-order valence-electron chi connectivity index (χ3n) is 4.04. The highest BCUT2D eigenvalue weighted by Crippen LogP contribution is 2.10. The van der Waals surface area contributed by atoms with Crippen molar-refractivity contribution in [3.63, 3.8) is 0 Å². The summed E-state index contributed by atoms with van der Waals surface area (Å²) in [5.41, 5.74) is 0.852. The molecule has 2 N–H and O–H groups in total. The van der Waals surface area contributed by atoms with Crippen LogP contribution in [-0.4, -0.2) is 37.2 Å². The molecule has 156 valence electrons. The third kappa shape index (κ3) is 8.88. The third-order valence-corrected chi connectivity index (χ3v) is 4.04. The first-order valence-corrected chi connectivity index (χ1v) is 9.58. The van der Waals surface area contributed by atoms with E-state index in [9.17, 15) is 14.4 Å². The Hall–Kier alpha value is -2.57. The molecule has 1 rings (SSSR count). The highest BCUT2D eigenvalue weighted by Gasteiger charge is 2.28. The van der Waals surface area contributed by atoms with Gasteiger partial charge in [-0.3, -0.25) is 4.79 Å². The number of hydrogen-bond acceptors (Lipinski definition) is 5. The number of methoxy groups -OCH3 is 1. The van der Waals surface area contributed by atoms with Gasteiger partial charge in [0.25, 0.3) is 0 Å². The number of carbonyl (C=O) groups is 3. The van der Waals surface area contributed by atoms with Gasteiger partial charge in [0.2, 0.25) is 5.91 Å². The van der Waals surface area contributed by atoms with E-state index in [4.69, 9.17) is 9.47 Å². The smallest absolute Gasteiger partial charge is 0.408 e. The Bertz CT molecular complexity index is 631. The van der Waals surface area contributed by atoms with E-state index < -0.39 is 30.1 Å². The molecule has 1 aromatic carbocycles. The zero-order valence-corrected chi connectivity index (χ0v) is 17.4. The van der Waals surface area contributed by atoms with E-state index in [0.717, 1.165) is 5.56 Å². The molecular formula is C21H32N2O5. The van der Waals surface area contributed by atoms with Crippen LogP contribution < -0.4 is 10.6 Å². The summed E-state index contributed by atoms with van der Waals surface area (Å²) in [6.45, 7) is 7.91. The lowest BCUT2D eigenvalue weighted by molar-refractivity contribution is -0.145. The Morgan fingerprint density at radius 3 is 2.00 bits per heavy atom. The van der Waals surface area contributed by atoms with Crippen molar-refractivity contribution in [2.75, 3.05) is 7.11 Å². The number of hydrogen-bond donors (Lipinski definition) is 2. The van der Waals surface area contributed by atoms with Crippen LogP contribution in [0.1, 0.15) is 46.1 Å². The summed E-state index contributed by atoms with van der Waals surface area (Å²) in [5, 5.41) is 5.31. The Kier molecular flexibility index (Phi) is 10.1. The molecule has 0 bridgehead atoms. The molecule has 28 heavy (non-hydrogen) atoms. The number of benzene rings is 1. The van der Waals surface area contributed by atoms with Crippen molar-refractivity contribution in [3.8, 4) is 0 Å². The van der Waals surface area contributed by atoms with E-state index in [-0.39, 0.29) is 18.4 Å². The van der Waals surface area contributed by atoms with Gasteiger partial charge < -0.3 is 20.1 Å². The number of carbonyl (C=O) groups excluding carboxylic acids is 3. The van der Waals surface area contributed by atoms with Crippen molar-refractivity contribution in [2.45, 2.75) is 59.2 Å². The summed E-state index contributed by atoms with van der Waals surface area (Å²) in [5.74, 6) is -0.581. The summed E-state index contributed by atoms with van der Waals surface area (Å²) in [6, 6.07) is 7.72. The molecule has 0 fully saturated rings. The fourth-order valence-corrected chi connectivity index (χ4v) is 2.71. The van der Waals surface area contributed by atoms with Crippen molar-refractivity contribution in [3.05, 3.63) is 35.9 Å². The molecule has 0 saturated carbocycles. The predicted molar refractivity (Wildman–Crippen MR) is 106 cm³/mol. The maximum absolute atomic E-state index is 12.7. The summed E-state index contributed by atoms with van der Waals surface area (Å²) in [4.78, 5) is 36.8. The minimum Gasteiger partial charge on any atom is -0.467 e. The number of esters is 1. The first-order valence-electron chi connectivity index (χ1n) is 9.58. The molecule has 2 atom stereocenters. The monoisotopic (exact) mass is 392 g/mol. The van der Waals surface area contributed by atoms with Crippen molar-refractivity contribution in [1.29, 1.82) is 0 Å². The van der Waals surface area contributed by atoms with Crippen molar-refractivity contribution < 1.29 is 23.9 Å². The Morgan fingerprint density at radius 1 is 0.893 bits per heavy atom. The number of alkyl carbamates (subject to hydrolysis) is 1. The van der Waals surface area contributed by atoms with Gasteiger partial charge >= 0.3 is 12.1 Å². The van der Waals surface area contributed by atoms with E-state index >= 15 is 0 Å². The molecule has 0 aliphatic heterocycles. The van der Waals surface area contributed by atoms with Crippen LogP contribution in [0.15, 0.2) is 30.3 Å². The van der Waals surface area contributed by atoms with Crippen LogP contribution in [-0.2, 0) is 25.7 Å². The van der Waals surface area contributed by atoms with Gasteiger partial charge in [0.05, 0.1) is 7.11 Å². The molecule has 0 aliphatic rings. The van der Waals surface area contributed by atoms with Crippen LogP contribution in [0, 0.1) is 11.8 Å².